The molecule has 0 radical (unpaired) electrons. The van der Waals surface area contributed by atoms with Crippen LogP contribution in [-0.4, -0.2) is 24.2 Å². The lowest BCUT2D eigenvalue weighted by molar-refractivity contribution is -0.118. The zero-order valence-electron chi connectivity index (χ0n) is 16.4. The summed E-state index contributed by atoms with van der Waals surface area (Å²) in [5.74, 6) is 0.946. The zero-order valence-corrected chi connectivity index (χ0v) is 16.4. The van der Waals surface area contributed by atoms with Gasteiger partial charge in [0.25, 0.3) is 0 Å². The Morgan fingerprint density at radius 3 is 2.93 bits per heavy atom. The van der Waals surface area contributed by atoms with Gasteiger partial charge < -0.3 is 15.0 Å². The number of fused-ring (bicyclic) bond motifs is 4. The molecule has 5 rings (SSSR count). The minimum absolute atomic E-state index is 0.00447. The second-order valence-corrected chi connectivity index (χ2v) is 8.31. The van der Waals surface area contributed by atoms with Crippen molar-refractivity contribution in [3.63, 3.8) is 0 Å². The number of para-hydroxylation sites is 1. The molecule has 4 heteroatoms. The predicted octanol–water partition coefficient (Wildman–Crippen LogP) is 3.89. The number of benzene rings is 1. The van der Waals surface area contributed by atoms with Crippen LogP contribution in [0.2, 0.25) is 0 Å². The number of nitrogens with zero attached hydrogens (tertiary/aromatic N) is 1. The van der Waals surface area contributed by atoms with Gasteiger partial charge in [-0.15, -0.1) is 0 Å². The van der Waals surface area contributed by atoms with E-state index in [1.165, 1.54) is 5.56 Å². The van der Waals surface area contributed by atoms with Gasteiger partial charge in [0, 0.05) is 16.7 Å². The number of carbonyl (C=O) groups is 1. The van der Waals surface area contributed by atoms with Crippen LogP contribution in [0.5, 0.6) is 0 Å². The lowest BCUT2D eigenvalue weighted by Crippen LogP contribution is -2.58. The number of carbonyl (C=O) groups excluding carboxylic acids is 1. The Balaban J connectivity index is 1.57. The molecular weight excluding hydrogens is 348 g/mol. The molecule has 3 aliphatic heterocycles. The Hall–Kier alpha value is -3.01. The Morgan fingerprint density at radius 1 is 1.25 bits per heavy atom. The Morgan fingerprint density at radius 2 is 2.07 bits per heavy atom. The van der Waals surface area contributed by atoms with E-state index in [1.54, 1.807) is 0 Å². The molecule has 4 aliphatic rings. The number of nitrogens with one attached hydrogen (secondary N) is 1. The standard InChI is InChI=1S/C24H24N2O2/c1-16-17(14-18-8-4-7-11-21(18)28-16)12-13-24-23(2,3)19-9-5-6-10-20(19)26(24)15-22(27)25-24/h4-14,21H,15H2,1-3H3,(H,25,27). The van der Waals surface area contributed by atoms with Crippen molar-refractivity contribution in [2.45, 2.75) is 38.0 Å². The Kier molecular flexibility index (Phi) is 3.51. The molecule has 1 saturated heterocycles. The number of anilines is 1. The van der Waals surface area contributed by atoms with Gasteiger partial charge >= 0.3 is 0 Å². The summed E-state index contributed by atoms with van der Waals surface area (Å²) in [6, 6.07) is 8.37. The molecule has 3 heterocycles. The monoisotopic (exact) mass is 372 g/mol. The van der Waals surface area contributed by atoms with Gasteiger partial charge in [0.2, 0.25) is 5.91 Å². The highest BCUT2D eigenvalue weighted by Gasteiger charge is 2.59. The molecule has 2 unspecified atom stereocenters. The van der Waals surface area contributed by atoms with Crippen molar-refractivity contribution in [1.82, 2.24) is 5.32 Å². The predicted molar refractivity (Wildman–Crippen MR) is 111 cm³/mol. The molecule has 0 bridgehead atoms. The van der Waals surface area contributed by atoms with Gasteiger partial charge in [-0.05, 0) is 42.4 Å². The second-order valence-electron chi connectivity index (χ2n) is 8.31. The van der Waals surface area contributed by atoms with Gasteiger partial charge in [-0.1, -0.05) is 56.4 Å². The summed E-state index contributed by atoms with van der Waals surface area (Å²) in [5, 5.41) is 3.27. The molecule has 1 aromatic carbocycles. The van der Waals surface area contributed by atoms with Crippen LogP contribution in [0.3, 0.4) is 0 Å². The van der Waals surface area contributed by atoms with Crippen LogP contribution in [0.1, 0.15) is 26.3 Å². The van der Waals surface area contributed by atoms with E-state index in [9.17, 15) is 4.79 Å². The third-order valence-corrected chi connectivity index (χ3v) is 6.43. The normalized spacial score (nSPS) is 29.4. The lowest BCUT2D eigenvalue weighted by atomic mass is 9.75. The second kappa shape index (κ2) is 5.74. The number of allylic oxidation sites excluding steroid dienone is 6. The van der Waals surface area contributed by atoms with E-state index in [-0.39, 0.29) is 17.4 Å². The molecule has 1 fully saturated rings. The maximum Gasteiger partial charge on any atom is 0.241 e. The summed E-state index contributed by atoms with van der Waals surface area (Å²) in [6.07, 6.45) is 14.6. The van der Waals surface area contributed by atoms with E-state index in [1.807, 2.05) is 25.1 Å². The van der Waals surface area contributed by atoms with Crippen LogP contribution in [0.15, 0.2) is 83.7 Å². The highest BCUT2D eigenvalue weighted by Crippen LogP contribution is 2.52. The van der Waals surface area contributed by atoms with Crippen molar-refractivity contribution in [3.05, 3.63) is 89.3 Å². The number of amides is 1. The van der Waals surface area contributed by atoms with Gasteiger partial charge in [0.1, 0.15) is 17.5 Å². The molecule has 2 atom stereocenters. The summed E-state index contributed by atoms with van der Waals surface area (Å²) in [7, 11) is 0. The summed E-state index contributed by atoms with van der Waals surface area (Å²) in [6.45, 7) is 6.76. The fourth-order valence-corrected chi connectivity index (χ4v) is 4.83. The van der Waals surface area contributed by atoms with E-state index in [0.717, 1.165) is 22.6 Å². The first kappa shape index (κ1) is 17.1. The van der Waals surface area contributed by atoms with E-state index in [4.69, 9.17) is 4.74 Å². The maximum atomic E-state index is 12.4. The van der Waals surface area contributed by atoms with Crippen LogP contribution in [0.25, 0.3) is 0 Å². The van der Waals surface area contributed by atoms with Gasteiger partial charge in [-0.25, -0.2) is 0 Å². The SMILES string of the molecule is CC1=C(C=CC23NC(=O)CN2c2ccccc2C3(C)C)C=C2C=CC=CC2O1. The topological polar surface area (TPSA) is 41.6 Å². The van der Waals surface area contributed by atoms with Crippen molar-refractivity contribution in [2.24, 2.45) is 0 Å². The van der Waals surface area contributed by atoms with E-state index in [0.29, 0.717) is 6.54 Å². The van der Waals surface area contributed by atoms with Gasteiger partial charge in [-0.3, -0.25) is 4.79 Å². The van der Waals surface area contributed by atoms with Crippen LogP contribution in [0.4, 0.5) is 5.69 Å². The summed E-state index contributed by atoms with van der Waals surface area (Å²) in [4.78, 5) is 14.6. The van der Waals surface area contributed by atoms with Gasteiger partial charge in [0.15, 0.2) is 0 Å². The highest BCUT2D eigenvalue weighted by atomic mass is 16.5. The molecule has 142 valence electrons. The first-order chi connectivity index (χ1) is 13.4. The molecular formula is C24H24N2O2. The minimum atomic E-state index is -0.585. The average molecular weight is 372 g/mol. The van der Waals surface area contributed by atoms with Crippen molar-refractivity contribution >= 4 is 11.6 Å². The molecule has 1 amide bonds. The number of hydrogen-bond acceptors (Lipinski definition) is 3. The van der Waals surface area contributed by atoms with Crippen molar-refractivity contribution < 1.29 is 9.53 Å². The molecule has 28 heavy (non-hydrogen) atoms. The maximum absolute atomic E-state index is 12.4. The molecule has 1 N–H and O–H groups in total. The quantitative estimate of drug-likeness (QED) is 0.856. The first-order valence-electron chi connectivity index (χ1n) is 9.74. The largest absolute Gasteiger partial charge is 0.486 e. The third-order valence-electron chi connectivity index (χ3n) is 6.43. The summed E-state index contributed by atoms with van der Waals surface area (Å²) < 4.78 is 6.08. The molecule has 1 aliphatic carbocycles. The molecule has 0 aromatic heterocycles. The average Bonchev–Trinajstić information content (AvgIpc) is 3.11. The molecule has 4 nitrogen and oxygen atoms in total. The molecule has 1 aromatic rings. The minimum Gasteiger partial charge on any atom is -0.486 e. The Labute approximate surface area is 165 Å². The van der Waals surface area contributed by atoms with Gasteiger partial charge in [-0.2, -0.15) is 0 Å². The zero-order chi connectivity index (χ0) is 19.5. The van der Waals surface area contributed by atoms with Crippen molar-refractivity contribution in [2.75, 3.05) is 11.4 Å². The Bertz CT molecular complexity index is 1020. The third kappa shape index (κ3) is 2.21. The van der Waals surface area contributed by atoms with Crippen LogP contribution in [-0.2, 0) is 14.9 Å². The molecule has 0 spiro atoms. The molecule has 0 saturated carbocycles. The van der Waals surface area contributed by atoms with Crippen LogP contribution < -0.4 is 10.2 Å². The van der Waals surface area contributed by atoms with Crippen molar-refractivity contribution in [3.8, 4) is 0 Å². The fraction of sp³-hybridized carbons (Fsp3) is 0.292. The van der Waals surface area contributed by atoms with E-state index < -0.39 is 5.66 Å². The van der Waals surface area contributed by atoms with E-state index >= 15 is 0 Å². The van der Waals surface area contributed by atoms with Crippen LogP contribution >= 0.6 is 0 Å². The number of hydrogen-bond donors (Lipinski definition) is 1. The van der Waals surface area contributed by atoms with Gasteiger partial charge in [0.05, 0.1) is 6.54 Å². The number of ether oxygens (including phenoxy) is 1. The fourth-order valence-electron chi connectivity index (χ4n) is 4.83. The van der Waals surface area contributed by atoms with Crippen molar-refractivity contribution in [1.29, 1.82) is 0 Å². The first-order valence-corrected chi connectivity index (χ1v) is 9.74. The lowest BCUT2D eigenvalue weighted by Gasteiger charge is -2.40. The van der Waals surface area contributed by atoms with E-state index in [2.05, 4.69) is 72.6 Å². The highest BCUT2D eigenvalue weighted by molar-refractivity contribution is 5.91. The number of rotatable bonds is 2. The summed E-state index contributed by atoms with van der Waals surface area (Å²) in [5.41, 5.74) is 3.71. The smallest absolute Gasteiger partial charge is 0.241 e. The summed E-state index contributed by atoms with van der Waals surface area (Å²) >= 11 is 0. The van der Waals surface area contributed by atoms with Crippen LogP contribution in [0, 0.1) is 0 Å².